The summed E-state index contributed by atoms with van der Waals surface area (Å²) in [5, 5.41) is 0. The van der Waals surface area contributed by atoms with Crippen molar-refractivity contribution in [3.63, 3.8) is 0 Å². The Hall–Kier alpha value is -0.920. The van der Waals surface area contributed by atoms with Crippen molar-refractivity contribution in [1.82, 2.24) is 0 Å². The van der Waals surface area contributed by atoms with Crippen molar-refractivity contribution in [2.75, 3.05) is 0 Å². The summed E-state index contributed by atoms with van der Waals surface area (Å²) in [5.41, 5.74) is 2.19. The van der Waals surface area contributed by atoms with E-state index in [1.807, 2.05) is 6.08 Å². The monoisotopic (exact) mass is 342 g/mol. The molecular weight excluding hydrogens is 308 g/mol. The van der Waals surface area contributed by atoms with Crippen LogP contribution in [0, 0.1) is 40.4 Å². The second-order valence-electron chi connectivity index (χ2n) is 10.1. The lowest BCUT2D eigenvalue weighted by atomic mass is 9.46. The molecule has 0 spiro atoms. The summed E-state index contributed by atoms with van der Waals surface area (Å²) in [6, 6.07) is 0. The number of aldehydes is 1. The lowest BCUT2D eigenvalue weighted by molar-refractivity contribution is -0.118. The Labute approximate surface area is 152 Å². The van der Waals surface area contributed by atoms with E-state index in [9.17, 15) is 9.59 Å². The fourth-order valence-corrected chi connectivity index (χ4v) is 7.85. The van der Waals surface area contributed by atoms with Crippen LogP contribution in [0.4, 0.5) is 0 Å². The van der Waals surface area contributed by atoms with E-state index in [-0.39, 0.29) is 5.41 Å². The van der Waals surface area contributed by atoms with Gasteiger partial charge in [-0.3, -0.25) is 4.79 Å². The van der Waals surface area contributed by atoms with E-state index in [4.69, 9.17) is 0 Å². The maximum atomic E-state index is 11.9. The Morgan fingerprint density at radius 1 is 1.12 bits per heavy atom. The average molecular weight is 343 g/mol. The molecule has 0 saturated heterocycles. The van der Waals surface area contributed by atoms with Crippen LogP contribution in [0.1, 0.15) is 78.6 Å². The highest BCUT2D eigenvalue weighted by molar-refractivity contribution is 5.91. The molecule has 138 valence electrons. The topological polar surface area (TPSA) is 34.1 Å². The Morgan fingerprint density at radius 3 is 2.68 bits per heavy atom. The van der Waals surface area contributed by atoms with Crippen molar-refractivity contribution in [3.8, 4) is 0 Å². The van der Waals surface area contributed by atoms with Gasteiger partial charge in [-0.15, -0.1) is 0 Å². The number of hydrogen-bond acceptors (Lipinski definition) is 2. The predicted molar refractivity (Wildman–Crippen MR) is 100 cm³/mol. The van der Waals surface area contributed by atoms with Gasteiger partial charge in [-0.1, -0.05) is 26.3 Å². The minimum Gasteiger partial charge on any atom is -0.303 e. The molecule has 0 heterocycles. The third-order valence-corrected chi connectivity index (χ3v) is 9.19. The van der Waals surface area contributed by atoms with Crippen LogP contribution in [0.3, 0.4) is 0 Å². The highest BCUT2D eigenvalue weighted by Crippen LogP contribution is 2.67. The third kappa shape index (κ3) is 2.50. The van der Waals surface area contributed by atoms with E-state index in [0.717, 1.165) is 55.6 Å². The lowest BCUT2D eigenvalue weighted by Crippen LogP contribution is -2.51. The van der Waals surface area contributed by atoms with Gasteiger partial charge in [0.15, 0.2) is 5.78 Å². The van der Waals surface area contributed by atoms with Gasteiger partial charge in [-0.05, 0) is 91.4 Å². The molecule has 0 amide bonds. The molecule has 0 bridgehead atoms. The summed E-state index contributed by atoms with van der Waals surface area (Å²) in [5.74, 6) is 4.06. The Morgan fingerprint density at radius 2 is 1.92 bits per heavy atom. The van der Waals surface area contributed by atoms with Crippen molar-refractivity contribution >= 4 is 12.1 Å². The predicted octanol–water partition coefficient (Wildman–Crippen LogP) is 5.36. The van der Waals surface area contributed by atoms with Crippen molar-refractivity contribution < 1.29 is 9.59 Å². The molecule has 3 fully saturated rings. The second-order valence-corrected chi connectivity index (χ2v) is 10.1. The molecule has 0 aromatic heterocycles. The minimum absolute atomic E-state index is 0.282. The molecule has 1 unspecified atom stereocenters. The molecule has 0 N–H and O–H groups in total. The largest absolute Gasteiger partial charge is 0.303 e. The maximum absolute atomic E-state index is 11.9. The molecule has 2 nitrogen and oxygen atoms in total. The number of carbonyl (C=O) groups excluding carboxylic acids is 2. The summed E-state index contributed by atoms with van der Waals surface area (Å²) >= 11 is 0. The first kappa shape index (κ1) is 17.5. The first-order valence-electron chi connectivity index (χ1n) is 10.6. The molecule has 0 aromatic rings. The number of ketones is 1. The van der Waals surface area contributed by atoms with Gasteiger partial charge in [-0.2, -0.15) is 0 Å². The zero-order valence-electron chi connectivity index (χ0n) is 16.2. The van der Waals surface area contributed by atoms with Gasteiger partial charge in [0, 0.05) is 12.8 Å². The van der Waals surface area contributed by atoms with E-state index in [2.05, 4.69) is 20.8 Å². The molecule has 0 aromatic carbocycles. The van der Waals surface area contributed by atoms with Gasteiger partial charge >= 0.3 is 0 Å². The second kappa shape index (κ2) is 6.06. The molecule has 7 atom stereocenters. The summed E-state index contributed by atoms with van der Waals surface area (Å²) in [6.07, 6.45) is 13.5. The number of rotatable bonds is 3. The van der Waals surface area contributed by atoms with Crippen LogP contribution in [0.2, 0.25) is 0 Å². The molecule has 4 aliphatic carbocycles. The van der Waals surface area contributed by atoms with E-state index in [1.165, 1.54) is 37.7 Å². The fraction of sp³-hybridized carbons (Fsp3) is 0.826. The van der Waals surface area contributed by atoms with Crippen LogP contribution >= 0.6 is 0 Å². The summed E-state index contributed by atoms with van der Waals surface area (Å²) in [6.45, 7) is 7.31. The summed E-state index contributed by atoms with van der Waals surface area (Å²) < 4.78 is 0. The van der Waals surface area contributed by atoms with Gasteiger partial charge < -0.3 is 4.79 Å². The highest BCUT2D eigenvalue weighted by Gasteiger charge is 2.59. The SMILES string of the molecule is CC(CC=O)[C@H]1CC[C@H]2[C@@H]3CCC4=CC(=O)CC[C@]4(C)[C@H]3CC[C@]12C. The molecule has 3 saturated carbocycles. The van der Waals surface area contributed by atoms with Crippen LogP contribution in [0.25, 0.3) is 0 Å². The normalized spacial score (nSPS) is 47.3. The van der Waals surface area contributed by atoms with E-state index in [0.29, 0.717) is 17.1 Å². The first-order chi connectivity index (χ1) is 11.9. The van der Waals surface area contributed by atoms with Crippen molar-refractivity contribution in [2.45, 2.75) is 78.6 Å². The Bertz CT molecular complexity index is 605. The number of hydrogen-bond donors (Lipinski definition) is 0. The number of carbonyl (C=O) groups is 2. The van der Waals surface area contributed by atoms with Crippen molar-refractivity contribution in [1.29, 1.82) is 0 Å². The minimum atomic E-state index is 0.282. The molecule has 4 aliphatic rings. The van der Waals surface area contributed by atoms with Crippen LogP contribution in [0.15, 0.2) is 11.6 Å². The third-order valence-electron chi connectivity index (χ3n) is 9.19. The molecule has 25 heavy (non-hydrogen) atoms. The smallest absolute Gasteiger partial charge is 0.155 e. The number of allylic oxidation sites excluding steroid dienone is 1. The van der Waals surface area contributed by atoms with Gasteiger partial charge in [0.25, 0.3) is 0 Å². The highest BCUT2D eigenvalue weighted by atomic mass is 16.1. The summed E-state index contributed by atoms with van der Waals surface area (Å²) in [7, 11) is 0. The standard InChI is InChI=1S/C23H34O2/c1-15(10-13-24)19-6-7-20-18-5-4-16-14-17(25)8-11-22(16,2)21(18)9-12-23(19,20)3/h13-15,18-21H,4-12H2,1-3H3/t15?,18-,19+,20-,21-,22-,23+/m0/s1. The van der Waals surface area contributed by atoms with Gasteiger partial charge in [0.05, 0.1) is 0 Å². The Balaban J connectivity index is 1.61. The molecule has 2 heteroatoms. The zero-order chi connectivity index (χ0) is 17.8. The van der Waals surface area contributed by atoms with Gasteiger partial charge in [-0.25, -0.2) is 0 Å². The fourth-order valence-electron chi connectivity index (χ4n) is 7.85. The van der Waals surface area contributed by atoms with Gasteiger partial charge in [0.1, 0.15) is 6.29 Å². The number of fused-ring (bicyclic) bond motifs is 5. The van der Waals surface area contributed by atoms with E-state index in [1.54, 1.807) is 0 Å². The van der Waals surface area contributed by atoms with Crippen LogP contribution in [-0.2, 0) is 9.59 Å². The van der Waals surface area contributed by atoms with Crippen molar-refractivity contribution in [3.05, 3.63) is 11.6 Å². The first-order valence-corrected chi connectivity index (χ1v) is 10.6. The molecule has 0 radical (unpaired) electrons. The van der Waals surface area contributed by atoms with Crippen LogP contribution < -0.4 is 0 Å². The lowest BCUT2D eigenvalue weighted by Gasteiger charge is -2.58. The molecule has 4 rings (SSSR count). The van der Waals surface area contributed by atoms with E-state index >= 15 is 0 Å². The average Bonchev–Trinajstić information content (AvgIpc) is 2.93. The van der Waals surface area contributed by atoms with E-state index < -0.39 is 0 Å². The van der Waals surface area contributed by atoms with Crippen molar-refractivity contribution in [2.24, 2.45) is 40.4 Å². The zero-order valence-corrected chi connectivity index (χ0v) is 16.2. The van der Waals surface area contributed by atoms with Crippen LogP contribution in [0.5, 0.6) is 0 Å². The van der Waals surface area contributed by atoms with Gasteiger partial charge in [0.2, 0.25) is 0 Å². The quantitative estimate of drug-likeness (QED) is 0.647. The van der Waals surface area contributed by atoms with Crippen LogP contribution in [-0.4, -0.2) is 12.1 Å². The Kier molecular flexibility index (Phi) is 4.24. The maximum Gasteiger partial charge on any atom is 0.155 e. The summed E-state index contributed by atoms with van der Waals surface area (Å²) in [4.78, 5) is 23.0. The molecule has 0 aliphatic heterocycles. The molecular formula is C23H34O2.